The van der Waals surface area contributed by atoms with Gasteiger partial charge in [0.2, 0.25) is 12.2 Å². The summed E-state index contributed by atoms with van der Waals surface area (Å²) in [5, 5.41) is 11.7. The zero-order valence-corrected chi connectivity index (χ0v) is 25.8. The number of hydrogen-bond acceptors (Lipinski definition) is 7. The molecule has 1 amide bonds. The van der Waals surface area contributed by atoms with Crippen LogP contribution >= 0.6 is 15.9 Å². The molecule has 0 aliphatic rings. The number of nitrogens with zero attached hydrogens (tertiary/aromatic N) is 5. The first-order valence-electron chi connectivity index (χ1n) is 13.8. The van der Waals surface area contributed by atoms with Crippen molar-refractivity contribution in [1.82, 2.24) is 24.5 Å². The van der Waals surface area contributed by atoms with Gasteiger partial charge in [-0.2, -0.15) is 4.98 Å². The van der Waals surface area contributed by atoms with Gasteiger partial charge in [0.05, 0.1) is 17.2 Å². The number of oxime groups is 1. The first kappa shape index (κ1) is 31.7. The van der Waals surface area contributed by atoms with Crippen LogP contribution in [0, 0.1) is 0 Å². The van der Waals surface area contributed by atoms with Gasteiger partial charge in [0, 0.05) is 17.5 Å². The molecule has 41 heavy (non-hydrogen) atoms. The number of nitrogens with two attached hydrogens (primary N) is 1. The number of fused-ring (bicyclic) bond motifs is 1. The van der Waals surface area contributed by atoms with Crippen LogP contribution in [0.2, 0.25) is 0 Å². The molecule has 218 valence electrons. The Labute approximate surface area is 248 Å². The minimum absolute atomic E-state index is 0.136. The van der Waals surface area contributed by atoms with E-state index in [2.05, 4.69) is 43.4 Å². The summed E-state index contributed by atoms with van der Waals surface area (Å²) in [6, 6.07) is 15.6. The SMILES string of the molecule is CC.CCCc1c(Cc2ccc(-c3ccccc3/C(=N/OC)NC=O)cc2)c(=O)n(C(N)CC)c2nc(CBr)nn12. The van der Waals surface area contributed by atoms with Crippen LogP contribution < -0.4 is 16.6 Å². The topological polar surface area (TPSA) is 129 Å². The van der Waals surface area contributed by atoms with Crippen molar-refractivity contribution >= 4 is 34.0 Å². The quantitative estimate of drug-likeness (QED) is 0.0800. The third-order valence-electron chi connectivity index (χ3n) is 6.49. The summed E-state index contributed by atoms with van der Waals surface area (Å²) >= 11 is 3.43. The third-order valence-corrected chi connectivity index (χ3v) is 6.99. The summed E-state index contributed by atoms with van der Waals surface area (Å²) in [5.41, 5.74) is 11.3. The molecule has 2 aromatic carbocycles. The van der Waals surface area contributed by atoms with Crippen molar-refractivity contribution in [2.24, 2.45) is 10.9 Å². The molecule has 0 saturated carbocycles. The Bertz CT molecular complexity index is 1540. The second-order valence-electron chi connectivity index (χ2n) is 9.00. The van der Waals surface area contributed by atoms with Crippen molar-refractivity contribution in [3.8, 4) is 11.1 Å². The van der Waals surface area contributed by atoms with Crippen molar-refractivity contribution in [1.29, 1.82) is 0 Å². The van der Waals surface area contributed by atoms with E-state index in [1.54, 1.807) is 9.08 Å². The van der Waals surface area contributed by atoms with Crippen LogP contribution in [-0.2, 0) is 27.8 Å². The van der Waals surface area contributed by atoms with Crippen LogP contribution in [0.1, 0.15) is 74.9 Å². The maximum Gasteiger partial charge on any atom is 0.260 e. The Balaban J connectivity index is 0.00000226. The summed E-state index contributed by atoms with van der Waals surface area (Å²) in [7, 11) is 1.43. The normalized spacial score (nSPS) is 12.0. The van der Waals surface area contributed by atoms with Gasteiger partial charge >= 0.3 is 0 Å². The fourth-order valence-electron chi connectivity index (χ4n) is 4.63. The van der Waals surface area contributed by atoms with Crippen molar-refractivity contribution < 1.29 is 9.63 Å². The Morgan fingerprint density at radius 1 is 1.17 bits per heavy atom. The van der Waals surface area contributed by atoms with E-state index >= 15 is 0 Å². The molecule has 0 spiro atoms. The summed E-state index contributed by atoms with van der Waals surface area (Å²) in [5.74, 6) is 1.39. The highest BCUT2D eigenvalue weighted by molar-refractivity contribution is 9.08. The number of carbonyl (C=O) groups excluding carboxylic acids is 1. The first-order chi connectivity index (χ1) is 20.0. The van der Waals surface area contributed by atoms with Gasteiger partial charge in [0.25, 0.3) is 5.56 Å². The highest BCUT2D eigenvalue weighted by atomic mass is 79.9. The minimum atomic E-state index is -0.511. The average Bonchev–Trinajstić information content (AvgIpc) is 3.44. The van der Waals surface area contributed by atoms with E-state index in [0.29, 0.717) is 54.0 Å². The number of aryl methyl sites for hydroxylation is 1. The van der Waals surface area contributed by atoms with E-state index in [1.807, 2.05) is 69.3 Å². The third kappa shape index (κ3) is 6.91. The fourth-order valence-corrected chi connectivity index (χ4v) is 4.86. The van der Waals surface area contributed by atoms with E-state index in [1.165, 1.54) is 7.11 Å². The summed E-state index contributed by atoms with van der Waals surface area (Å²) in [6.45, 7) is 8.02. The van der Waals surface area contributed by atoms with Crippen LogP contribution in [-0.4, -0.2) is 38.5 Å². The summed E-state index contributed by atoms with van der Waals surface area (Å²) in [4.78, 5) is 34.5. The molecule has 0 bridgehead atoms. The fraction of sp³-hybridized carbons (Fsp3) is 0.367. The smallest absolute Gasteiger partial charge is 0.260 e. The van der Waals surface area contributed by atoms with Crippen molar-refractivity contribution in [2.75, 3.05) is 7.11 Å². The molecule has 0 saturated heterocycles. The van der Waals surface area contributed by atoms with Gasteiger partial charge in [-0.15, -0.1) is 5.10 Å². The molecule has 4 aromatic rings. The predicted octanol–water partition coefficient (Wildman–Crippen LogP) is 4.94. The van der Waals surface area contributed by atoms with Gasteiger partial charge in [-0.25, -0.2) is 4.52 Å². The molecule has 2 heterocycles. The predicted molar refractivity (Wildman–Crippen MR) is 166 cm³/mol. The van der Waals surface area contributed by atoms with Gasteiger partial charge in [-0.05, 0) is 29.5 Å². The minimum Gasteiger partial charge on any atom is -0.397 e. The van der Waals surface area contributed by atoms with Crippen molar-refractivity contribution in [2.45, 2.75) is 64.9 Å². The molecule has 0 fully saturated rings. The Kier molecular flexibility index (Phi) is 11.8. The number of hydrogen-bond donors (Lipinski definition) is 2. The summed E-state index contributed by atoms with van der Waals surface area (Å²) in [6.07, 6.45) is 2.60. The van der Waals surface area contributed by atoms with Crippen LogP contribution in [0.3, 0.4) is 0 Å². The molecule has 1 atom stereocenters. The molecule has 11 heteroatoms. The van der Waals surface area contributed by atoms with Crippen molar-refractivity contribution in [3.05, 3.63) is 87.1 Å². The van der Waals surface area contributed by atoms with Gasteiger partial charge < -0.3 is 15.9 Å². The van der Waals surface area contributed by atoms with E-state index in [9.17, 15) is 9.59 Å². The average molecular weight is 625 g/mol. The Morgan fingerprint density at radius 2 is 1.88 bits per heavy atom. The number of rotatable bonds is 11. The van der Waals surface area contributed by atoms with Crippen molar-refractivity contribution in [3.63, 3.8) is 0 Å². The molecule has 0 aliphatic heterocycles. The number of carbonyl (C=O) groups is 1. The summed E-state index contributed by atoms with van der Waals surface area (Å²) < 4.78 is 3.35. The molecule has 0 radical (unpaired) electrons. The molecule has 3 N–H and O–H groups in total. The maximum atomic E-state index is 13.8. The molecule has 4 rings (SSSR count). The van der Waals surface area contributed by atoms with Crippen LogP contribution in [0.15, 0.2) is 58.5 Å². The van der Waals surface area contributed by atoms with Gasteiger partial charge in [0.1, 0.15) is 7.11 Å². The van der Waals surface area contributed by atoms with Crippen LogP contribution in [0.4, 0.5) is 0 Å². The maximum absolute atomic E-state index is 13.8. The zero-order chi connectivity index (χ0) is 29.9. The monoisotopic (exact) mass is 623 g/mol. The zero-order valence-electron chi connectivity index (χ0n) is 24.2. The largest absolute Gasteiger partial charge is 0.397 e. The van der Waals surface area contributed by atoms with E-state index in [0.717, 1.165) is 34.4 Å². The highest BCUT2D eigenvalue weighted by Gasteiger charge is 2.22. The Hall–Kier alpha value is -3.83. The second kappa shape index (κ2) is 15.2. The lowest BCUT2D eigenvalue weighted by atomic mass is 9.96. The van der Waals surface area contributed by atoms with Gasteiger partial charge in [-0.3, -0.25) is 14.2 Å². The van der Waals surface area contributed by atoms with Gasteiger partial charge in [0.15, 0.2) is 11.7 Å². The standard InChI is InChI=1S/C28H32BrN7O3.C2H6/c1-4-8-23-22(27(38)35(24(30)5-2)28-32-25(16-29)33-36(23)28)15-18-11-13-19(14-12-18)20-9-6-7-10-21(20)26(31-17-37)34-39-3;1-2/h6-7,9-14,17,24H,4-5,8,15-16,30H2,1-3H3,(H,31,34,37);1-2H3. The number of aromatic nitrogens is 4. The lowest BCUT2D eigenvalue weighted by Crippen LogP contribution is -2.35. The molecular formula is C30H38BrN7O3. The van der Waals surface area contributed by atoms with E-state index in [4.69, 9.17) is 10.6 Å². The van der Waals surface area contributed by atoms with Gasteiger partial charge in [-0.1, -0.05) is 104 Å². The van der Waals surface area contributed by atoms with E-state index < -0.39 is 6.17 Å². The lowest BCUT2D eigenvalue weighted by molar-refractivity contribution is -0.108. The molecule has 2 aromatic heterocycles. The van der Waals surface area contributed by atoms with E-state index in [-0.39, 0.29) is 5.56 Å². The number of amidine groups is 1. The molecule has 1 unspecified atom stereocenters. The molecule has 10 nitrogen and oxygen atoms in total. The molecular weight excluding hydrogens is 586 g/mol. The number of halogens is 1. The van der Waals surface area contributed by atoms with Crippen LogP contribution in [0.25, 0.3) is 16.9 Å². The lowest BCUT2D eigenvalue weighted by Gasteiger charge is -2.19. The highest BCUT2D eigenvalue weighted by Crippen LogP contribution is 2.26. The second-order valence-corrected chi connectivity index (χ2v) is 9.56. The first-order valence-corrected chi connectivity index (χ1v) is 14.9. The molecule has 0 aliphatic carbocycles. The Morgan fingerprint density at radius 3 is 2.49 bits per heavy atom. The number of amides is 1. The number of alkyl halides is 1. The number of benzene rings is 2. The van der Waals surface area contributed by atoms with Crippen LogP contribution in [0.5, 0.6) is 0 Å². The number of nitrogens with one attached hydrogen (secondary N) is 1.